The molecule has 5 atom stereocenters. The molecule has 0 aromatic heterocycles. The Balaban J connectivity index is 2.24. The highest BCUT2D eigenvalue weighted by Gasteiger charge is 2.44. The number of hydrogen-bond acceptors (Lipinski definition) is 5. The van der Waals surface area contributed by atoms with Crippen LogP contribution in [0.15, 0.2) is 11.6 Å². The van der Waals surface area contributed by atoms with Gasteiger partial charge in [-0.05, 0) is 24.7 Å². The van der Waals surface area contributed by atoms with Crippen LogP contribution in [-0.2, 0) is 23.9 Å². The van der Waals surface area contributed by atoms with E-state index in [9.17, 15) is 14.4 Å². The van der Waals surface area contributed by atoms with Gasteiger partial charge in [-0.3, -0.25) is 9.59 Å². The summed E-state index contributed by atoms with van der Waals surface area (Å²) >= 11 is 0. The molecule has 0 unspecified atom stereocenters. The van der Waals surface area contributed by atoms with Crippen LogP contribution in [0, 0.1) is 17.8 Å². The summed E-state index contributed by atoms with van der Waals surface area (Å²) in [4.78, 5) is 33.6. The molecule has 0 radical (unpaired) electrons. The molecule has 0 saturated heterocycles. The van der Waals surface area contributed by atoms with Crippen molar-refractivity contribution in [2.75, 3.05) is 0 Å². The van der Waals surface area contributed by atoms with Crippen molar-refractivity contribution in [2.45, 2.75) is 65.1 Å². The summed E-state index contributed by atoms with van der Waals surface area (Å²) in [6.07, 6.45) is 6.17. The van der Waals surface area contributed by atoms with Gasteiger partial charge in [-0.15, -0.1) is 0 Å². The van der Waals surface area contributed by atoms with Gasteiger partial charge in [-0.2, -0.15) is 0 Å². The molecule has 0 amide bonds. The van der Waals surface area contributed by atoms with E-state index in [1.165, 1.54) is 19.4 Å². The van der Waals surface area contributed by atoms with Gasteiger partial charge in [0.25, 0.3) is 0 Å². The number of hydrogen-bond donors (Lipinski definition) is 0. The van der Waals surface area contributed by atoms with Crippen LogP contribution < -0.4 is 0 Å². The van der Waals surface area contributed by atoms with Crippen LogP contribution in [0.25, 0.3) is 0 Å². The minimum atomic E-state index is -0.315. The smallest absolute Gasteiger partial charge is 0.302 e. The number of fused-ring (bicyclic) bond motifs is 1. The largest absolute Gasteiger partial charge is 0.462 e. The summed E-state index contributed by atoms with van der Waals surface area (Å²) in [7, 11) is 0. The Labute approximate surface area is 137 Å². The second-order valence-electron chi connectivity index (χ2n) is 6.74. The van der Waals surface area contributed by atoms with E-state index in [2.05, 4.69) is 13.0 Å². The highest BCUT2D eigenvalue weighted by Crippen LogP contribution is 2.46. The predicted molar refractivity (Wildman–Crippen MR) is 84.5 cm³/mol. The van der Waals surface area contributed by atoms with E-state index < -0.39 is 0 Å². The minimum Gasteiger partial charge on any atom is -0.462 e. The summed E-state index contributed by atoms with van der Waals surface area (Å²) in [5, 5.41) is 0. The van der Waals surface area contributed by atoms with Gasteiger partial charge in [0.15, 0.2) is 0 Å². The SMILES string of the molecule is CC(=O)O[C@@H]1CC2=CC[C@H](C)[C@H](CCC=O)[C@H]2[C@@H](OC(C)=O)C1. The fourth-order valence-corrected chi connectivity index (χ4v) is 4.15. The topological polar surface area (TPSA) is 69.7 Å². The van der Waals surface area contributed by atoms with Crippen LogP contribution in [0.1, 0.15) is 52.9 Å². The molecule has 1 fully saturated rings. The van der Waals surface area contributed by atoms with Gasteiger partial charge in [-0.25, -0.2) is 0 Å². The van der Waals surface area contributed by atoms with Crippen LogP contribution >= 0.6 is 0 Å². The lowest BCUT2D eigenvalue weighted by molar-refractivity contribution is -0.159. The molecule has 0 aliphatic heterocycles. The maximum atomic E-state index is 11.5. The van der Waals surface area contributed by atoms with E-state index in [0.29, 0.717) is 31.1 Å². The lowest BCUT2D eigenvalue weighted by Crippen LogP contribution is -2.45. The van der Waals surface area contributed by atoms with E-state index in [-0.39, 0.29) is 30.1 Å². The second kappa shape index (κ2) is 7.75. The zero-order chi connectivity index (χ0) is 17.0. The third-order valence-corrected chi connectivity index (χ3v) is 5.00. The maximum Gasteiger partial charge on any atom is 0.302 e. The van der Waals surface area contributed by atoms with Crippen molar-refractivity contribution in [1.82, 2.24) is 0 Å². The summed E-state index contributed by atoms with van der Waals surface area (Å²) in [5.41, 5.74) is 1.21. The molecule has 128 valence electrons. The van der Waals surface area contributed by atoms with E-state index in [0.717, 1.165) is 19.1 Å². The van der Waals surface area contributed by atoms with E-state index in [4.69, 9.17) is 9.47 Å². The number of ether oxygens (including phenoxy) is 2. The highest BCUT2D eigenvalue weighted by molar-refractivity contribution is 5.67. The van der Waals surface area contributed by atoms with E-state index in [1.807, 2.05) is 0 Å². The fraction of sp³-hybridized carbons (Fsp3) is 0.722. The van der Waals surface area contributed by atoms with E-state index >= 15 is 0 Å². The lowest BCUT2D eigenvalue weighted by atomic mass is 9.64. The Bertz CT molecular complexity index is 496. The molecule has 1 saturated carbocycles. The Morgan fingerprint density at radius 1 is 1.26 bits per heavy atom. The van der Waals surface area contributed by atoms with Gasteiger partial charge in [0.1, 0.15) is 18.5 Å². The first-order chi connectivity index (χ1) is 10.9. The first-order valence-corrected chi connectivity index (χ1v) is 8.39. The zero-order valence-corrected chi connectivity index (χ0v) is 14.1. The second-order valence-corrected chi connectivity index (χ2v) is 6.74. The van der Waals surface area contributed by atoms with Crippen LogP contribution in [0.2, 0.25) is 0 Å². The normalized spacial score (nSPS) is 33.2. The van der Waals surface area contributed by atoms with Crippen molar-refractivity contribution in [3.05, 3.63) is 11.6 Å². The molecular formula is C18H26O5. The first-order valence-electron chi connectivity index (χ1n) is 8.39. The zero-order valence-electron chi connectivity index (χ0n) is 14.1. The Kier molecular flexibility index (Phi) is 5.97. The molecule has 0 aromatic rings. The van der Waals surface area contributed by atoms with Crippen LogP contribution in [0.5, 0.6) is 0 Å². The predicted octanol–water partition coefficient (Wildman–Crippen LogP) is 2.82. The molecular weight excluding hydrogens is 296 g/mol. The summed E-state index contributed by atoms with van der Waals surface area (Å²) in [5.74, 6) is 0.284. The van der Waals surface area contributed by atoms with Crippen molar-refractivity contribution in [3.8, 4) is 0 Å². The Morgan fingerprint density at radius 3 is 2.57 bits per heavy atom. The summed E-state index contributed by atoms with van der Waals surface area (Å²) < 4.78 is 10.9. The van der Waals surface area contributed by atoms with Crippen molar-refractivity contribution in [2.24, 2.45) is 17.8 Å². The third kappa shape index (κ3) is 4.43. The molecule has 0 bridgehead atoms. The van der Waals surface area contributed by atoms with Crippen molar-refractivity contribution < 1.29 is 23.9 Å². The van der Waals surface area contributed by atoms with Crippen LogP contribution in [0.3, 0.4) is 0 Å². The number of carbonyl (C=O) groups excluding carboxylic acids is 3. The molecule has 5 heteroatoms. The monoisotopic (exact) mass is 322 g/mol. The average molecular weight is 322 g/mol. The summed E-state index contributed by atoms with van der Waals surface area (Å²) in [6.45, 7) is 4.99. The Morgan fingerprint density at radius 2 is 1.96 bits per heavy atom. The van der Waals surface area contributed by atoms with Gasteiger partial charge >= 0.3 is 11.9 Å². The van der Waals surface area contributed by atoms with Crippen LogP contribution in [0.4, 0.5) is 0 Å². The van der Waals surface area contributed by atoms with Crippen molar-refractivity contribution >= 4 is 18.2 Å². The Hall–Kier alpha value is -1.65. The quantitative estimate of drug-likeness (QED) is 0.442. The van der Waals surface area contributed by atoms with Gasteiger partial charge in [0.2, 0.25) is 0 Å². The fourth-order valence-electron chi connectivity index (χ4n) is 4.15. The molecule has 0 N–H and O–H groups in total. The minimum absolute atomic E-state index is 0.134. The molecule has 2 aliphatic carbocycles. The number of esters is 2. The van der Waals surface area contributed by atoms with Gasteiger partial charge in [0, 0.05) is 39.0 Å². The molecule has 5 nitrogen and oxygen atoms in total. The summed E-state index contributed by atoms with van der Waals surface area (Å²) in [6, 6.07) is 0. The number of rotatable bonds is 5. The van der Waals surface area contributed by atoms with Gasteiger partial charge in [-0.1, -0.05) is 18.6 Å². The highest BCUT2D eigenvalue weighted by atomic mass is 16.6. The van der Waals surface area contributed by atoms with Gasteiger partial charge in [0.05, 0.1) is 0 Å². The third-order valence-electron chi connectivity index (χ3n) is 5.00. The molecule has 23 heavy (non-hydrogen) atoms. The first kappa shape index (κ1) is 17.7. The molecule has 2 rings (SSSR count). The van der Waals surface area contributed by atoms with Crippen LogP contribution in [-0.4, -0.2) is 30.4 Å². The molecule has 2 aliphatic rings. The maximum absolute atomic E-state index is 11.5. The number of aldehydes is 1. The van der Waals surface area contributed by atoms with Gasteiger partial charge < -0.3 is 14.3 Å². The van der Waals surface area contributed by atoms with Crippen molar-refractivity contribution in [3.63, 3.8) is 0 Å². The molecule has 0 spiro atoms. The number of allylic oxidation sites excluding steroid dienone is 1. The molecule has 0 heterocycles. The van der Waals surface area contributed by atoms with E-state index in [1.54, 1.807) is 0 Å². The number of carbonyl (C=O) groups is 3. The standard InChI is InChI=1S/C18H26O5/c1-11-6-7-14-9-15(22-12(2)20)10-17(23-13(3)21)18(14)16(11)5-4-8-19/h7-8,11,15-18H,4-6,9-10H2,1-3H3/t11-,15+,16-,17-,18-/m0/s1. The van der Waals surface area contributed by atoms with Crippen molar-refractivity contribution in [1.29, 1.82) is 0 Å². The lowest BCUT2D eigenvalue weighted by Gasteiger charge is -2.45. The average Bonchev–Trinajstić information content (AvgIpc) is 2.45. The molecule has 0 aromatic carbocycles.